The largest absolute Gasteiger partial charge is 0.474 e. The van der Waals surface area contributed by atoms with Crippen molar-refractivity contribution in [1.82, 2.24) is 20.8 Å². The molecule has 24 heavy (non-hydrogen) atoms. The van der Waals surface area contributed by atoms with Crippen molar-refractivity contribution >= 4 is 5.91 Å². The monoisotopic (exact) mass is 344 g/mol. The van der Waals surface area contributed by atoms with Crippen LogP contribution in [0.15, 0.2) is 12.3 Å². The minimum atomic E-state index is -4.57. The molecule has 3 atom stereocenters. The van der Waals surface area contributed by atoms with Crippen LogP contribution in [0.2, 0.25) is 0 Å². The van der Waals surface area contributed by atoms with Gasteiger partial charge in [0, 0.05) is 5.92 Å². The standard InChI is InChI=1S/C15H19F3N4O2/c1-14(2,21-12(23)11-8-5-19-6-9(8)11)7-24-13-10(15(16,17)18)3-4-20-22-13/h3-4,8-9,11,19H,5-7H2,1-2H3,(H,21,23)/t8-,9+,11?. The van der Waals surface area contributed by atoms with Gasteiger partial charge in [0.15, 0.2) is 0 Å². The van der Waals surface area contributed by atoms with E-state index >= 15 is 0 Å². The first-order valence-electron chi connectivity index (χ1n) is 7.73. The SMILES string of the molecule is CC(C)(COc1nnccc1C(F)(F)F)NC(=O)C1[C@H]2CNC[C@@H]12. The first-order valence-corrected chi connectivity index (χ1v) is 7.73. The lowest BCUT2D eigenvalue weighted by Gasteiger charge is -2.27. The Kier molecular flexibility index (Phi) is 4.15. The number of halogens is 3. The lowest BCUT2D eigenvalue weighted by atomic mass is 10.1. The second-order valence-electron chi connectivity index (χ2n) is 6.92. The van der Waals surface area contributed by atoms with Crippen LogP contribution in [-0.4, -0.2) is 41.3 Å². The van der Waals surface area contributed by atoms with Crippen LogP contribution in [0.4, 0.5) is 13.2 Å². The number of alkyl halides is 3. The van der Waals surface area contributed by atoms with Gasteiger partial charge in [-0.05, 0) is 44.8 Å². The second kappa shape index (κ2) is 5.87. The molecule has 1 saturated carbocycles. The van der Waals surface area contributed by atoms with Crippen molar-refractivity contribution < 1.29 is 22.7 Å². The van der Waals surface area contributed by atoms with Gasteiger partial charge in [-0.25, -0.2) is 0 Å². The number of rotatable bonds is 5. The third-order valence-electron chi connectivity index (χ3n) is 4.42. The molecule has 1 aromatic heterocycles. The van der Waals surface area contributed by atoms with Crippen LogP contribution in [0.25, 0.3) is 0 Å². The molecule has 0 aromatic carbocycles. The fourth-order valence-electron chi connectivity index (χ4n) is 3.15. The van der Waals surface area contributed by atoms with Crippen molar-refractivity contribution in [3.63, 3.8) is 0 Å². The lowest BCUT2D eigenvalue weighted by Crippen LogP contribution is -2.49. The van der Waals surface area contributed by atoms with Gasteiger partial charge in [0.2, 0.25) is 11.8 Å². The van der Waals surface area contributed by atoms with Crippen LogP contribution < -0.4 is 15.4 Å². The number of hydrogen-bond donors (Lipinski definition) is 2. The highest BCUT2D eigenvalue weighted by atomic mass is 19.4. The molecular weight excluding hydrogens is 325 g/mol. The molecule has 3 rings (SSSR count). The normalized spacial score (nSPS) is 26.0. The van der Waals surface area contributed by atoms with Crippen LogP contribution in [0.1, 0.15) is 19.4 Å². The Balaban J connectivity index is 1.58. The van der Waals surface area contributed by atoms with Gasteiger partial charge in [0.1, 0.15) is 12.2 Å². The van der Waals surface area contributed by atoms with E-state index in [-0.39, 0.29) is 18.4 Å². The third-order valence-corrected chi connectivity index (χ3v) is 4.42. The number of aromatic nitrogens is 2. The van der Waals surface area contributed by atoms with Crippen molar-refractivity contribution in [2.75, 3.05) is 19.7 Å². The summed E-state index contributed by atoms with van der Waals surface area (Å²) in [5.41, 5.74) is -1.80. The van der Waals surface area contributed by atoms with Gasteiger partial charge >= 0.3 is 6.18 Å². The Labute approximate surface area is 137 Å². The molecule has 2 heterocycles. The maximum Gasteiger partial charge on any atom is 0.421 e. The first-order chi connectivity index (χ1) is 11.2. The van der Waals surface area contributed by atoms with Gasteiger partial charge in [0.05, 0.1) is 11.7 Å². The number of nitrogens with one attached hydrogen (secondary N) is 2. The molecule has 2 fully saturated rings. The molecule has 2 N–H and O–H groups in total. The quantitative estimate of drug-likeness (QED) is 0.840. The Bertz CT molecular complexity index is 625. The Morgan fingerprint density at radius 3 is 2.67 bits per heavy atom. The summed E-state index contributed by atoms with van der Waals surface area (Å²) in [6, 6.07) is 0.812. The summed E-state index contributed by atoms with van der Waals surface area (Å²) < 4.78 is 43.9. The number of hydrogen-bond acceptors (Lipinski definition) is 5. The maximum absolute atomic E-state index is 12.9. The lowest BCUT2D eigenvalue weighted by molar-refractivity contribution is -0.139. The van der Waals surface area contributed by atoms with Crippen LogP contribution >= 0.6 is 0 Å². The number of carbonyl (C=O) groups is 1. The predicted molar refractivity (Wildman–Crippen MR) is 78.1 cm³/mol. The smallest absolute Gasteiger partial charge is 0.421 e. The van der Waals surface area contributed by atoms with E-state index in [4.69, 9.17) is 4.74 Å². The van der Waals surface area contributed by atoms with Gasteiger partial charge in [-0.1, -0.05) is 0 Å². The molecule has 0 bridgehead atoms. The molecule has 2 aliphatic rings. The molecule has 1 amide bonds. The second-order valence-corrected chi connectivity index (χ2v) is 6.92. The van der Waals surface area contributed by atoms with Gasteiger partial charge in [0.25, 0.3) is 0 Å². The highest BCUT2D eigenvalue weighted by molar-refractivity contribution is 5.83. The summed E-state index contributed by atoms with van der Waals surface area (Å²) in [7, 11) is 0. The van der Waals surface area contributed by atoms with Crippen LogP contribution in [0.5, 0.6) is 5.88 Å². The summed E-state index contributed by atoms with van der Waals surface area (Å²) in [6.45, 7) is 4.94. The zero-order valence-corrected chi connectivity index (χ0v) is 13.4. The number of nitrogens with zero attached hydrogens (tertiary/aromatic N) is 2. The molecule has 132 valence electrons. The summed E-state index contributed by atoms with van der Waals surface area (Å²) in [5, 5.41) is 12.9. The summed E-state index contributed by atoms with van der Waals surface area (Å²) in [4.78, 5) is 12.3. The minimum Gasteiger partial charge on any atom is -0.474 e. The fraction of sp³-hybridized carbons (Fsp3) is 0.667. The zero-order valence-electron chi connectivity index (χ0n) is 13.4. The molecule has 1 saturated heterocycles. The number of ether oxygens (including phenoxy) is 1. The van der Waals surface area contributed by atoms with E-state index in [1.54, 1.807) is 13.8 Å². The number of carbonyl (C=O) groups excluding carboxylic acids is 1. The van der Waals surface area contributed by atoms with Crippen LogP contribution in [0.3, 0.4) is 0 Å². The Morgan fingerprint density at radius 2 is 2.04 bits per heavy atom. The van der Waals surface area contributed by atoms with E-state index in [9.17, 15) is 18.0 Å². The Hall–Kier alpha value is -1.90. The molecule has 1 aromatic rings. The first kappa shape index (κ1) is 16.9. The summed E-state index contributed by atoms with van der Waals surface area (Å²) in [6.07, 6.45) is -3.61. The van der Waals surface area contributed by atoms with E-state index < -0.39 is 23.2 Å². The van der Waals surface area contributed by atoms with E-state index in [1.165, 1.54) is 0 Å². The predicted octanol–water partition coefficient (Wildman–Crippen LogP) is 1.23. The topological polar surface area (TPSA) is 76.1 Å². The molecule has 1 aliphatic heterocycles. The van der Waals surface area contributed by atoms with Crippen molar-refractivity contribution in [3.8, 4) is 5.88 Å². The van der Waals surface area contributed by atoms with Crippen LogP contribution in [0, 0.1) is 17.8 Å². The number of fused-ring (bicyclic) bond motifs is 1. The average molecular weight is 344 g/mol. The molecule has 6 nitrogen and oxygen atoms in total. The van der Waals surface area contributed by atoms with Crippen molar-refractivity contribution in [3.05, 3.63) is 17.8 Å². The number of piperidine rings is 1. The zero-order chi connectivity index (χ0) is 17.5. The van der Waals surface area contributed by atoms with Gasteiger partial charge in [-0.2, -0.15) is 18.3 Å². The highest BCUT2D eigenvalue weighted by Gasteiger charge is 2.57. The molecule has 1 aliphatic carbocycles. The van der Waals surface area contributed by atoms with E-state index in [0.29, 0.717) is 11.8 Å². The van der Waals surface area contributed by atoms with Crippen molar-refractivity contribution in [1.29, 1.82) is 0 Å². The minimum absolute atomic E-state index is 0.00669. The fourth-order valence-corrected chi connectivity index (χ4v) is 3.15. The third kappa shape index (κ3) is 3.45. The molecule has 0 spiro atoms. The molecule has 9 heteroatoms. The number of amides is 1. The van der Waals surface area contributed by atoms with E-state index in [1.807, 2.05) is 0 Å². The van der Waals surface area contributed by atoms with E-state index in [2.05, 4.69) is 20.8 Å². The average Bonchev–Trinajstić information content (AvgIpc) is 2.98. The molecule has 1 unspecified atom stereocenters. The molecule has 0 radical (unpaired) electrons. The van der Waals surface area contributed by atoms with Gasteiger partial charge in [-0.15, -0.1) is 5.10 Å². The van der Waals surface area contributed by atoms with E-state index in [0.717, 1.165) is 25.4 Å². The van der Waals surface area contributed by atoms with Gasteiger partial charge in [-0.3, -0.25) is 4.79 Å². The van der Waals surface area contributed by atoms with Gasteiger partial charge < -0.3 is 15.4 Å². The Morgan fingerprint density at radius 1 is 1.38 bits per heavy atom. The maximum atomic E-state index is 12.9. The molecular formula is C15H19F3N4O2. The summed E-state index contributed by atoms with van der Waals surface area (Å²) in [5.74, 6) is 0.0833. The summed E-state index contributed by atoms with van der Waals surface area (Å²) >= 11 is 0. The van der Waals surface area contributed by atoms with Crippen molar-refractivity contribution in [2.45, 2.75) is 25.6 Å². The highest BCUT2D eigenvalue weighted by Crippen LogP contribution is 2.48. The van der Waals surface area contributed by atoms with Crippen molar-refractivity contribution in [2.24, 2.45) is 17.8 Å². The van der Waals surface area contributed by atoms with Crippen LogP contribution in [-0.2, 0) is 11.0 Å².